The number of carbonyl (C=O) groups excluding carboxylic acids is 2. The molecular formula is C21H29N3O3S. The summed E-state index contributed by atoms with van der Waals surface area (Å²) in [7, 11) is 0. The van der Waals surface area contributed by atoms with Gasteiger partial charge in [0.05, 0.1) is 18.2 Å². The van der Waals surface area contributed by atoms with Gasteiger partial charge in [0.15, 0.2) is 5.11 Å². The second kappa shape index (κ2) is 8.73. The highest BCUT2D eigenvalue weighted by Crippen LogP contribution is 2.32. The maximum absolute atomic E-state index is 12.7. The van der Waals surface area contributed by atoms with E-state index in [1.165, 1.54) is 0 Å². The van der Waals surface area contributed by atoms with E-state index < -0.39 is 11.5 Å². The van der Waals surface area contributed by atoms with E-state index >= 15 is 0 Å². The van der Waals surface area contributed by atoms with Gasteiger partial charge in [-0.05, 0) is 50.7 Å². The van der Waals surface area contributed by atoms with Crippen molar-refractivity contribution in [2.45, 2.75) is 47.6 Å². The van der Waals surface area contributed by atoms with Crippen LogP contribution in [0.4, 0.5) is 5.69 Å². The first-order chi connectivity index (χ1) is 13.1. The average Bonchev–Trinajstić information content (AvgIpc) is 2.61. The Labute approximate surface area is 172 Å². The van der Waals surface area contributed by atoms with E-state index in [9.17, 15) is 9.59 Å². The number of benzene rings is 1. The Morgan fingerprint density at radius 2 is 1.96 bits per heavy atom. The van der Waals surface area contributed by atoms with Crippen LogP contribution in [0, 0.1) is 5.41 Å². The van der Waals surface area contributed by atoms with Gasteiger partial charge in [0.2, 0.25) is 5.91 Å². The first-order valence-electron chi connectivity index (χ1n) is 9.47. The maximum atomic E-state index is 12.7. The molecule has 6 nitrogen and oxygen atoms in total. The Morgan fingerprint density at radius 3 is 2.54 bits per heavy atom. The van der Waals surface area contributed by atoms with Gasteiger partial charge >= 0.3 is 5.97 Å². The summed E-state index contributed by atoms with van der Waals surface area (Å²) >= 11 is 5.49. The molecule has 1 atom stereocenters. The molecule has 0 saturated heterocycles. The van der Waals surface area contributed by atoms with E-state index in [1.807, 2.05) is 63.8 Å². The van der Waals surface area contributed by atoms with Crippen LogP contribution in [-0.4, -0.2) is 35.0 Å². The van der Waals surface area contributed by atoms with Crippen LogP contribution in [0.25, 0.3) is 0 Å². The molecule has 1 heterocycles. The number of amides is 1. The summed E-state index contributed by atoms with van der Waals surface area (Å²) in [5, 5.41) is 6.74. The zero-order valence-electron chi connectivity index (χ0n) is 17.4. The summed E-state index contributed by atoms with van der Waals surface area (Å²) in [6.07, 6.45) is 0. The molecule has 0 unspecified atom stereocenters. The minimum absolute atomic E-state index is 0.0775. The molecule has 7 heteroatoms. The normalized spacial score (nSPS) is 17.3. The van der Waals surface area contributed by atoms with Gasteiger partial charge < -0.3 is 20.3 Å². The number of nitrogens with zero attached hydrogens (tertiary/aromatic N) is 1. The number of nitrogens with one attached hydrogen (secondary N) is 2. The zero-order valence-corrected chi connectivity index (χ0v) is 18.2. The molecule has 1 aliphatic rings. The van der Waals surface area contributed by atoms with E-state index in [0.29, 0.717) is 29.5 Å². The van der Waals surface area contributed by atoms with Gasteiger partial charge in [-0.15, -0.1) is 0 Å². The minimum atomic E-state index is -0.505. The molecule has 0 aromatic heterocycles. The predicted octanol–water partition coefficient (Wildman–Crippen LogP) is 3.76. The molecule has 0 saturated carbocycles. The second-order valence-corrected chi connectivity index (χ2v) is 8.06. The number of rotatable bonds is 5. The third-order valence-electron chi connectivity index (χ3n) is 4.57. The molecule has 0 radical (unpaired) electrons. The summed E-state index contributed by atoms with van der Waals surface area (Å²) in [5.41, 5.74) is 2.29. The molecule has 2 N–H and O–H groups in total. The van der Waals surface area contributed by atoms with Crippen LogP contribution in [0.1, 0.15) is 53.1 Å². The minimum Gasteiger partial charge on any atom is -0.463 e. The van der Waals surface area contributed by atoms with Gasteiger partial charge in [-0.3, -0.25) is 4.79 Å². The summed E-state index contributed by atoms with van der Waals surface area (Å²) < 4.78 is 5.29. The smallest absolute Gasteiger partial charge is 0.338 e. The highest BCUT2D eigenvalue weighted by atomic mass is 32.1. The molecule has 152 valence electrons. The van der Waals surface area contributed by atoms with Crippen LogP contribution in [0.2, 0.25) is 0 Å². The summed E-state index contributed by atoms with van der Waals surface area (Å²) in [4.78, 5) is 26.9. The van der Waals surface area contributed by atoms with Gasteiger partial charge in [0.25, 0.3) is 0 Å². The number of carbonyl (C=O) groups is 2. The number of hydrogen-bond donors (Lipinski definition) is 2. The number of ether oxygens (including phenoxy) is 1. The Balaban J connectivity index is 2.45. The Morgan fingerprint density at radius 1 is 1.29 bits per heavy atom. The van der Waals surface area contributed by atoms with E-state index in [1.54, 1.807) is 6.92 Å². The molecule has 28 heavy (non-hydrogen) atoms. The van der Waals surface area contributed by atoms with Crippen molar-refractivity contribution in [1.29, 1.82) is 0 Å². The largest absolute Gasteiger partial charge is 0.463 e. The topological polar surface area (TPSA) is 70.7 Å². The number of esters is 1. The van der Waals surface area contributed by atoms with Crippen molar-refractivity contribution in [2.75, 3.05) is 18.5 Å². The Hall–Kier alpha value is -2.41. The monoisotopic (exact) mass is 403 g/mol. The van der Waals surface area contributed by atoms with Crippen molar-refractivity contribution in [3.63, 3.8) is 0 Å². The lowest BCUT2D eigenvalue weighted by molar-refractivity contribution is -0.139. The molecule has 0 spiro atoms. The summed E-state index contributed by atoms with van der Waals surface area (Å²) in [6.45, 7) is 12.1. The zero-order chi connectivity index (χ0) is 21.1. The van der Waals surface area contributed by atoms with Crippen LogP contribution in [-0.2, 0) is 14.3 Å². The van der Waals surface area contributed by atoms with Crippen molar-refractivity contribution in [1.82, 2.24) is 10.2 Å². The van der Waals surface area contributed by atoms with Crippen LogP contribution in [0.5, 0.6) is 0 Å². The van der Waals surface area contributed by atoms with Crippen molar-refractivity contribution in [3.05, 3.63) is 41.1 Å². The van der Waals surface area contributed by atoms with Gasteiger partial charge in [-0.1, -0.05) is 32.9 Å². The van der Waals surface area contributed by atoms with E-state index in [2.05, 4.69) is 10.6 Å². The van der Waals surface area contributed by atoms with E-state index in [0.717, 1.165) is 11.3 Å². The predicted molar refractivity (Wildman–Crippen MR) is 115 cm³/mol. The first kappa shape index (κ1) is 21.9. The average molecular weight is 404 g/mol. The summed E-state index contributed by atoms with van der Waals surface area (Å²) in [6, 6.07) is 7.00. The number of hydrogen-bond acceptors (Lipinski definition) is 4. The van der Waals surface area contributed by atoms with Crippen LogP contribution >= 0.6 is 12.2 Å². The first-order valence-corrected chi connectivity index (χ1v) is 9.88. The Bertz CT molecular complexity index is 811. The highest BCUT2D eigenvalue weighted by molar-refractivity contribution is 7.80. The van der Waals surface area contributed by atoms with Crippen LogP contribution < -0.4 is 10.6 Å². The lowest BCUT2D eigenvalue weighted by Gasteiger charge is -2.37. The standard InChI is InChI=1S/C21H29N3O3S/c1-7-24-13(3)16(18(25)27-8-2)17(23-20(24)28)14-10-9-11-15(12-14)22-19(26)21(4,5)6/h9-12,17H,7-8H2,1-6H3,(H,22,26)(H,23,28)/t17-/m1/s1. The molecule has 0 bridgehead atoms. The van der Waals surface area contributed by atoms with Gasteiger partial charge in [0.1, 0.15) is 0 Å². The van der Waals surface area contributed by atoms with Crippen molar-refractivity contribution in [3.8, 4) is 0 Å². The van der Waals surface area contributed by atoms with Gasteiger partial charge in [-0.2, -0.15) is 0 Å². The molecule has 1 aromatic carbocycles. The van der Waals surface area contributed by atoms with E-state index in [4.69, 9.17) is 17.0 Å². The highest BCUT2D eigenvalue weighted by Gasteiger charge is 2.34. The SMILES string of the molecule is CCOC(=O)C1=C(C)N(CC)C(=S)N[C@@H]1c1cccc(NC(=O)C(C)(C)C)c1. The molecule has 0 aliphatic carbocycles. The Kier molecular flexibility index (Phi) is 6.82. The van der Waals surface area contributed by atoms with Crippen LogP contribution in [0.3, 0.4) is 0 Å². The molecule has 2 rings (SSSR count). The van der Waals surface area contributed by atoms with Gasteiger partial charge in [0, 0.05) is 23.3 Å². The van der Waals surface area contributed by atoms with E-state index in [-0.39, 0.29) is 11.9 Å². The maximum Gasteiger partial charge on any atom is 0.338 e. The third kappa shape index (κ3) is 4.70. The number of allylic oxidation sites excluding steroid dienone is 1. The number of thiocarbonyl (C=S) groups is 1. The molecule has 1 aromatic rings. The third-order valence-corrected chi connectivity index (χ3v) is 4.91. The molecule has 1 aliphatic heterocycles. The molecule has 1 amide bonds. The number of anilines is 1. The lowest BCUT2D eigenvalue weighted by atomic mass is 9.93. The fourth-order valence-electron chi connectivity index (χ4n) is 3.00. The fraction of sp³-hybridized carbons (Fsp3) is 0.476. The van der Waals surface area contributed by atoms with Gasteiger partial charge in [-0.25, -0.2) is 4.79 Å². The van der Waals surface area contributed by atoms with Crippen molar-refractivity contribution >= 4 is 34.9 Å². The quantitative estimate of drug-likeness (QED) is 0.576. The molecule has 0 fully saturated rings. The fourth-order valence-corrected chi connectivity index (χ4v) is 3.38. The lowest BCUT2D eigenvalue weighted by Crippen LogP contribution is -2.47. The summed E-state index contributed by atoms with van der Waals surface area (Å²) in [5.74, 6) is -0.450. The van der Waals surface area contributed by atoms with Crippen molar-refractivity contribution in [2.24, 2.45) is 5.41 Å². The second-order valence-electron chi connectivity index (χ2n) is 7.68. The molecular weight excluding hydrogens is 374 g/mol. The van der Waals surface area contributed by atoms with Crippen LogP contribution in [0.15, 0.2) is 35.5 Å². The van der Waals surface area contributed by atoms with Crippen molar-refractivity contribution < 1.29 is 14.3 Å².